The molecule has 0 unspecified atom stereocenters. The average Bonchev–Trinajstić information content (AvgIpc) is 2.29. The first-order chi connectivity index (χ1) is 7.99. The van der Waals surface area contributed by atoms with Crippen molar-refractivity contribution in [3.05, 3.63) is 29.3 Å². The summed E-state index contributed by atoms with van der Waals surface area (Å²) in [6, 6.07) is 6.89. The molecule has 1 aromatic carbocycles. The third-order valence-electron chi connectivity index (χ3n) is 2.16. The van der Waals surface area contributed by atoms with Crippen molar-refractivity contribution in [3.63, 3.8) is 0 Å². The zero-order valence-corrected chi connectivity index (χ0v) is 11.3. The van der Waals surface area contributed by atoms with Crippen LogP contribution < -0.4 is 5.32 Å². The Labute approximate surface area is 110 Å². The van der Waals surface area contributed by atoms with Crippen LogP contribution >= 0.6 is 23.4 Å². The van der Waals surface area contributed by atoms with E-state index >= 15 is 0 Å². The number of rotatable bonds is 5. The molecular weight excluding hydrogens is 258 g/mol. The molecule has 1 aromatic rings. The number of carbonyl (C=O) groups is 2. The zero-order valence-electron chi connectivity index (χ0n) is 9.70. The molecule has 0 saturated heterocycles. The Bertz CT molecular complexity index is 405. The predicted molar refractivity (Wildman–Crippen MR) is 72.7 cm³/mol. The van der Waals surface area contributed by atoms with E-state index in [0.717, 1.165) is 0 Å². The fraction of sp³-hybridized carbons (Fsp3) is 0.333. The predicted octanol–water partition coefficient (Wildman–Crippen LogP) is 2.99. The van der Waals surface area contributed by atoms with Crippen LogP contribution in [0.4, 0.5) is 5.69 Å². The Balaban J connectivity index is 2.39. The van der Waals surface area contributed by atoms with Gasteiger partial charge in [-0.25, -0.2) is 0 Å². The molecule has 0 fully saturated rings. The quantitative estimate of drug-likeness (QED) is 0.896. The fourth-order valence-corrected chi connectivity index (χ4v) is 1.88. The molecule has 17 heavy (non-hydrogen) atoms. The Kier molecular flexibility index (Phi) is 5.51. The molecule has 1 N–H and O–H groups in total. The van der Waals surface area contributed by atoms with E-state index in [1.54, 1.807) is 31.2 Å². The van der Waals surface area contributed by atoms with E-state index in [1.165, 1.54) is 18.7 Å². The van der Waals surface area contributed by atoms with Crippen molar-refractivity contribution in [1.82, 2.24) is 0 Å². The lowest BCUT2D eigenvalue weighted by Gasteiger charge is -2.08. The van der Waals surface area contributed by atoms with Crippen molar-refractivity contribution < 1.29 is 9.59 Å². The van der Waals surface area contributed by atoms with E-state index in [2.05, 4.69) is 5.32 Å². The van der Waals surface area contributed by atoms with E-state index in [0.29, 0.717) is 10.7 Å². The molecule has 92 valence electrons. The second kappa shape index (κ2) is 6.67. The number of ketones is 1. The summed E-state index contributed by atoms with van der Waals surface area (Å²) in [5.41, 5.74) is 0.704. The molecule has 0 saturated carbocycles. The second-order valence-electron chi connectivity index (χ2n) is 3.62. The van der Waals surface area contributed by atoms with Gasteiger partial charge in [0, 0.05) is 10.7 Å². The van der Waals surface area contributed by atoms with Crippen LogP contribution in [-0.2, 0) is 9.59 Å². The Hall–Kier alpha value is -1.00. The van der Waals surface area contributed by atoms with Gasteiger partial charge < -0.3 is 5.32 Å². The summed E-state index contributed by atoms with van der Waals surface area (Å²) in [4.78, 5) is 22.5. The lowest BCUT2D eigenvalue weighted by molar-refractivity contribution is -0.116. The number of amides is 1. The highest BCUT2D eigenvalue weighted by molar-refractivity contribution is 8.01. The summed E-state index contributed by atoms with van der Waals surface area (Å²) in [5, 5.41) is 3.21. The minimum absolute atomic E-state index is 0.0780. The largest absolute Gasteiger partial charge is 0.325 e. The van der Waals surface area contributed by atoms with Gasteiger partial charge in [-0.15, -0.1) is 11.8 Å². The van der Waals surface area contributed by atoms with Crippen LogP contribution in [0, 0.1) is 0 Å². The maximum atomic E-state index is 11.5. The van der Waals surface area contributed by atoms with Crippen molar-refractivity contribution in [1.29, 1.82) is 0 Å². The van der Waals surface area contributed by atoms with Gasteiger partial charge in [-0.3, -0.25) is 9.59 Å². The number of benzene rings is 1. The van der Waals surface area contributed by atoms with Crippen LogP contribution in [-0.4, -0.2) is 22.7 Å². The number of nitrogens with one attached hydrogen (secondary N) is 1. The van der Waals surface area contributed by atoms with Gasteiger partial charge in [-0.05, 0) is 38.1 Å². The highest BCUT2D eigenvalue weighted by atomic mass is 35.5. The summed E-state index contributed by atoms with van der Waals surface area (Å²) >= 11 is 7.06. The van der Waals surface area contributed by atoms with Gasteiger partial charge in [0.05, 0.1) is 11.0 Å². The van der Waals surface area contributed by atoms with E-state index in [-0.39, 0.29) is 22.7 Å². The topological polar surface area (TPSA) is 46.2 Å². The highest BCUT2D eigenvalue weighted by Gasteiger charge is 2.10. The molecule has 0 bridgehead atoms. The van der Waals surface area contributed by atoms with Crippen LogP contribution in [0.3, 0.4) is 0 Å². The van der Waals surface area contributed by atoms with Crippen LogP contribution in [0.5, 0.6) is 0 Å². The number of anilines is 1. The Morgan fingerprint density at radius 3 is 2.47 bits per heavy atom. The van der Waals surface area contributed by atoms with E-state index in [4.69, 9.17) is 11.6 Å². The SMILES string of the molecule is CC(=O)[C@H](C)SCC(=O)Nc1ccc(Cl)cc1. The molecule has 0 radical (unpaired) electrons. The number of carbonyl (C=O) groups excluding carboxylic acids is 2. The Morgan fingerprint density at radius 1 is 1.35 bits per heavy atom. The van der Waals surface area contributed by atoms with Crippen molar-refractivity contribution in [2.24, 2.45) is 0 Å². The van der Waals surface area contributed by atoms with Gasteiger partial charge in [0.1, 0.15) is 5.78 Å². The number of halogens is 1. The van der Waals surface area contributed by atoms with Crippen LogP contribution in [0.25, 0.3) is 0 Å². The lowest BCUT2D eigenvalue weighted by Crippen LogP contribution is -2.18. The lowest BCUT2D eigenvalue weighted by atomic mass is 10.3. The monoisotopic (exact) mass is 271 g/mol. The molecule has 1 amide bonds. The molecule has 5 heteroatoms. The average molecular weight is 272 g/mol. The number of hydrogen-bond donors (Lipinski definition) is 1. The third-order valence-corrected chi connectivity index (χ3v) is 3.68. The van der Waals surface area contributed by atoms with Crippen molar-refractivity contribution in [2.75, 3.05) is 11.1 Å². The van der Waals surface area contributed by atoms with Crippen LogP contribution in [0.2, 0.25) is 5.02 Å². The standard InChI is InChI=1S/C12H14ClNO2S/c1-8(15)9(2)17-7-12(16)14-11-5-3-10(13)4-6-11/h3-6,9H,7H2,1-2H3,(H,14,16)/t9-/m0/s1. The molecule has 0 aliphatic rings. The minimum Gasteiger partial charge on any atom is -0.325 e. The van der Waals surface area contributed by atoms with Crippen molar-refractivity contribution in [3.8, 4) is 0 Å². The molecule has 0 aromatic heterocycles. The molecule has 0 heterocycles. The van der Waals surface area contributed by atoms with E-state index in [9.17, 15) is 9.59 Å². The van der Waals surface area contributed by atoms with Gasteiger partial charge in [0.15, 0.2) is 0 Å². The summed E-state index contributed by atoms with van der Waals surface area (Å²) in [6.07, 6.45) is 0. The molecule has 1 atom stereocenters. The maximum Gasteiger partial charge on any atom is 0.234 e. The normalized spacial score (nSPS) is 11.9. The van der Waals surface area contributed by atoms with Crippen LogP contribution in [0.1, 0.15) is 13.8 Å². The highest BCUT2D eigenvalue weighted by Crippen LogP contribution is 2.15. The molecule has 3 nitrogen and oxygen atoms in total. The molecule has 1 rings (SSSR count). The van der Waals surface area contributed by atoms with Gasteiger partial charge in [0.2, 0.25) is 5.91 Å². The number of hydrogen-bond acceptors (Lipinski definition) is 3. The van der Waals surface area contributed by atoms with Crippen molar-refractivity contribution in [2.45, 2.75) is 19.1 Å². The minimum atomic E-state index is -0.147. The molecule has 0 spiro atoms. The second-order valence-corrected chi connectivity index (χ2v) is 5.38. The van der Waals surface area contributed by atoms with Crippen molar-refractivity contribution >= 4 is 40.7 Å². The first-order valence-corrected chi connectivity index (χ1v) is 6.59. The first kappa shape index (κ1) is 14.1. The van der Waals surface area contributed by atoms with Gasteiger partial charge >= 0.3 is 0 Å². The summed E-state index contributed by atoms with van der Waals surface area (Å²) < 4.78 is 0. The zero-order chi connectivity index (χ0) is 12.8. The van der Waals surface area contributed by atoms with E-state index < -0.39 is 0 Å². The van der Waals surface area contributed by atoms with Gasteiger partial charge in [0.25, 0.3) is 0 Å². The first-order valence-electron chi connectivity index (χ1n) is 5.16. The summed E-state index contributed by atoms with van der Waals surface area (Å²) in [7, 11) is 0. The number of thioether (sulfide) groups is 1. The molecular formula is C12H14ClNO2S. The van der Waals surface area contributed by atoms with Crippen LogP contribution in [0.15, 0.2) is 24.3 Å². The molecule has 0 aliphatic heterocycles. The third kappa shape index (κ3) is 5.24. The van der Waals surface area contributed by atoms with Gasteiger partial charge in [-0.1, -0.05) is 11.6 Å². The fourth-order valence-electron chi connectivity index (χ4n) is 1.05. The number of Topliss-reactive ketones (excluding diaryl/α,β-unsaturated/α-hetero) is 1. The maximum absolute atomic E-state index is 11.5. The molecule has 0 aliphatic carbocycles. The van der Waals surface area contributed by atoms with E-state index in [1.807, 2.05) is 0 Å². The van der Waals surface area contributed by atoms with Gasteiger partial charge in [-0.2, -0.15) is 0 Å². The summed E-state index contributed by atoms with van der Waals surface area (Å²) in [5.74, 6) is 0.225. The summed E-state index contributed by atoms with van der Waals surface area (Å²) in [6.45, 7) is 3.32. The smallest absolute Gasteiger partial charge is 0.234 e. The Morgan fingerprint density at radius 2 is 1.94 bits per heavy atom.